The van der Waals surface area contributed by atoms with Crippen LogP contribution >= 0.6 is 0 Å². The lowest BCUT2D eigenvalue weighted by molar-refractivity contribution is 0.334. The molecule has 0 saturated carbocycles. The van der Waals surface area contributed by atoms with Crippen molar-refractivity contribution < 1.29 is 0 Å². The molecule has 0 aromatic rings. The molecule has 0 rings (SSSR count). The smallest absolute Gasteiger partial charge is 0.0125 e. The lowest BCUT2D eigenvalue weighted by Crippen LogP contribution is -2.37. The summed E-state index contributed by atoms with van der Waals surface area (Å²) in [7, 11) is 0. The van der Waals surface area contributed by atoms with Gasteiger partial charge in [0.05, 0.1) is 0 Å². The van der Waals surface area contributed by atoms with E-state index in [2.05, 4.69) is 13.8 Å². The molecule has 0 spiro atoms. The number of hydrogen-bond acceptors (Lipinski definition) is 4. The van der Waals surface area contributed by atoms with Gasteiger partial charge in [-0.3, -0.25) is 0 Å². The van der Waals surface area contributed by atoms with Crippen LogP contribution < -0.4 is 22.9 Å². The van der Waals surface area contributed by atoms with Crippen LogP contribution in [0.3, 0.4) is 0 Å². The van der Waals surface area contributed by atoms with Gasteiger partial charge in [0.15, 0.2) is 0 Å². The molecule has 0 amide bonds. The van der Waals surface area contributed by atoms with Crippen LogP contribution in [0.4, 0.5) is 0 Å². The summed E-state index contributed by atoms with van der Waals surface area (Å²) < 4.78 is 0. The topological polar surface area (TPSA) is 104 Å². The molecular formula is C22H50N4. The first-order valence-corrected chi connectivity index (χ1v) is 11.4. The first-order chi connectivity index (χ1) is 12.4. The molecule has 0 aromatic carbocycles. The highest BCUT2D eigenvalue weighted by molar-refractivity contribution is 4.80. The minimum Gasteiger partial charge on any atom is -0.330 e. The van der Waals surface area contributed by atoms with Crippen LogP contribution in [-0.2, 0) is 0 Å². The lowest BCUT2D eigenvalue weighted by Gasteiger charge is -2.26. The zero-order valence-electron chi connectivity index (χ0n) is 18.0. The highest BCUT2D eigenvalue weighted by Gasteiger charge is 2.19. The second-order valence-corrected chi connectivity index (χ2v) is 8.84. The number of nitrogens with two attached hydrogens (primary N) is 4. The van der Waals surface area contributed by atoms with E-state index >= 15 is 0 Å². The Morgan fingerprint density at radius 2 is 1.12 bits per heavy atom. The standard InChI is InChI=1S/C22H50N4/c1-20(14-9-5-3-7-11-18-23)21(25)15-13-17-22(2,26)16-10-6-4-8-12-19-24/h20-21H,3-19,23-26H2,1-2H3. The van der Waals surface area contributed by atoms with E-state index in [-0.39, 0.29) is 5.54 Å². The summed E-state index contributed by atoms with van der Waals surface area (Å²) in [6, 6.07) is 0.325. The van der Waals surface area contributed by atoms with E-state index in [9.17, 15) is 0 Å². The van der Waals surface area contributed by atoms with Crippen molar-refractivity contribution in [2.45, 2.75) is 122 Å². The van der Waals surface area contributed by atoms with Gasteiger partial charge in [-0.05, 0) is 64.5 Å². The van der Waals surface area contributed by atoms with E-state index in [1.165, 1.54) is 64.2 Å². The van der Waals surface area contributed by atoms with Crippen LogP contribution in [0.1, 0.15) is 110 Å². The Labute approximate surface area is 164 Å². The summed E-state index contributed by atoms with van der Waals surface area (Å²) in [5.74, 6) is 0.621. The van der Waals surface area contributed by atoms with Gasteiger partial charge in [-0.1, -0.05) is 64.7 Å². The minimum atomic E-state index is -0.0280. The molecule has 0 aliphatic carbocycles. The summed E-state index contributed by atoms with van der Waals surface area (Å²) in [5.41, 5.74) is 23.9. The fourth-order valence-electron chi connectivity index (χ4n) is 3.71. The molecule has 0 aliphatic rings. The molecule has 4 nitrogen and oxygen atoms in total. The maximum absolute atomic E-state index is 6.49. The van der Waals surface area contributed by atoms with Gasteiger partial charge in [-0.15, -0.1) is 0 Å². The molecule has 0 saturated heterocycles. The molecule has 4 heteroatoms. The monoisotopic (exact) mass is 370 g/mol. The average Bonchev–Trinajstić information content (AvgIpc) is 2.60. The van der Waals surface area contributed by atoms with Crippen LogP contribution in [0, 0.1) is 5.92 Å². The highest BCUT2D eigenvalue weighted by atomic mass is 14.7. The Morgan fingerprint density at radius 1 is 0.654 bits per heavy atom. The van der Waals surface area contributed by atoms with E-state index < -0.39 is 0 Å². The van der Waals surface area contributed by atoms with Gasteiger partial charge >= 0.3 is 0 Å². The van der Waals surface area contributed by atoms with Gasteiger partial charge in [0.25, 0.3) is 0 Å². The molecule has 8 N–H and O–H groups in total. The zero-order chi connectivity index (χ0) is 19.7. The molecule has 0 heterocycles. The first kappa shape index (κ1) is 25.8. The van der Waals surface area contributed by atoms with Crippen molar-refractivity contribution in [3.8, 4) is 0 Å². The van der Waals surface area contributed by atoms with E-state index in [0.717, 1.165) is 45.2 Å². The summed E-state index contributed by atoms with van der Waals surface area (Å²) in [6.45, 7) is 6.17. The number of hydrogen-bond donors (Lipinski definition) is 4. The molecule has 26 heavy (non-hydrogen) atoms. The van der Waals surface area contributed by atoms with Crippen molar-refractivity contribution >= 4 is 0 Å². The van der Waals surface area contributed by atoms with Crippen molar-refractivity contribution in [1.29, 1.82) is 0 Å². The van der Waals surface area contributed by atoms with E-state index in [1.807, 2.05) is 0 Å². The van der Waals surface area contributed by atoms with E-state index in [4.69, 9.17) is 22.9 Å². The molecule has 3 unspecified atom stereocenters. The van der Waals surface area contributed by atoms with Gasteiger partial charge in [0.1, 0.15) is 0 Å². The fourth-order valence-corrected chi connectivity index (χ4v) is 3.71. The summed E-state index contributed by atoms with van der Waals surface area (Å²) in [4.78, 5) is 0. The predicted molar refractivity (Wildman–Crippen MR) is 117 cm³/mol. The van der Waals surface area contributed by atoms with Crippen molar-refractivity contribution in [2.24, 2.45) is 28.9 Å². The second kappa shape index (κ2) is 17.0. The first-order valence-electron chi connectivity index (χ1n) is 11.4. The second-order valence-electron chi connectivity index (χ2n) is 8.84. The molecular weight excluding hydrogens is 320 g/mol. The van der Waals surface area contributed by atoms with Gasteiger partial charge in [-0.2, -0.15) is 0 Å². The Bertz CT molecular complexity index is 294. The molecule has 3 atom stereocenters. The third-order valence-electron chi connectivity index (χ3n) is 5.83. The van der Waals surface area contributed by atoms with Crippen LogP contribution in [0.15, 0.2) is 0 Å². The van der Waals surface area contributed by atoms with Crippen molar-refractivity contribution in [3.63, 3.8) is 0 Å². The van der Waals surface area contributed by atoms with Crippen LogP contribution in [0.25, 0.3) is 0 Å². The maximum Gasteiger partial charge on any atom is 0.0125 e. The Hall–Kier alpha value is -0.160. The molecule has 0 radical (unpaired) electrons. The molecule has 0 bridgehead atoms. The van der Waals surface area contributed by atoms with Crippen molar-refractivity contribution in [1.82, 2.24) is 0 Å². The number of unbranched alkanes of at least 4 members (excludes halogenated alkanes) is 8. The Kier molecular flexibility index (Phi) is 16.9. The van der Waals surface area contributed by atoms with E-state index in [0.29, 0.717) is 12.0 Å². The molecule has 0 fully saturated rings. The van der Waals surface area contributed by atoms with Crippen molar-refractivity contribution in [2.75, 3.05) is 13.1 Å². The van der Waals surface area contributed by atoms with E-state index in [1.54, 1.807) is 0 Å². The normalized spacial score (nSPS) is 16.4. The zero-order valence-corrected chi connectivity index (χ0v) is 18.0. The van der Waals surface area contributed by atoms with Crippen LogP contribution in [0.2, 0.25) is 0 Å². The summed E-state index contributed by atoms with van der Waals surface area (Å²) in [6.07, 6.45) is 18.4. The van der Waals surface area contributed by atoms with Gasteiger partial charge in [-0.25, -0.2) is 0 Å². The highest BCUT2D eigenvalue weighted by Crippen LogP contribution is 2.22. The largest absolute Gasteiger partial charge is 0.330 e. The number of rotatable bonds is 19. The van der Waals surface area contributed by atoms with Gasteiger partial charge in [0.2, 0.25) is 0 Å². The van der Waals surface area contributed by atoms with Gasteiger partial charge < -0.3 is 22.9 Å². The quantitative estimate of drug-likeness (QED) is 0.252. The van der Waals surface area contributed by atoms with Crippen LogP contribution in [0.5, 0.6) is 0 Å². The average molecular weight is 371 g/mol. The predicted octanol–water partition coefficient (Wildman–Crippen LogP) is 4.44. The molecule has 0 aliphatic heterocycles. The fraction of sp³-hybridized carbons (Fsp3) is 1.00. The molecule has 158 valence electrons. The van der Waals surface area contributed by atoms with Crippen molar-refractivity contribution in [3.05, 3.63) is 0 Å². The Morgan fingerprint density at radius 3 is 1.69 bits per heavy atom. The summed E-state index contributed by atoms with van der Waals surface area (Å²) >= 11 is 0. The van der Waals surface area contributed by atoms with Crippen LogP contribution in [-0.4, -0.2) is 24.7 Å². The Balaban J connectivity index is 3.68. The third-order valence-corrected chi connectivity index (χ3v) is 5.83. The SMILES string of the molecule is CC(CCCCCCCN)C(N)CCCC(C)(N)CCCCCCCN. The molecule has 0 aromatic heterocycles. The third kappa shape index (κ3) is 16.0. The summed E-state index contributed by atoms with van der Waals surface area (Å²) in [5, 5.41) is 0. The maximum atomic E-state index is 6.49. The lowest BCUT2D eigenvalue weighted by atomic mass is 9.86. The minimum absolute atomic E-state index is 0.0280. The van der Waals surface area contributed by atoms with Gasteiger partial charge in [0, 0.05) is 11.6 Å².